The van der Waals surface area contributed by atoms with E-state index in [2.05, 4.69) is 5.32 Å². The summed E-state index contributed by atoms with van der Waals surface area (Å²) in [5, 5.41) is 2.88. The number of anilines is 1. The maximum Gasteiger partial charge on any atom is 0.270 e. The number of hydrogen-bond acceptors (Lipinski definition) is 5. The lowest BCUT2D eigenvalue weighted by molar-refractivity contribution is -0.132. The molecule has 0 saturated carbocycles. The lowest BCUT2D eigenvalue weighted by atomic mass is 10.0. The normalized spacial score (nSPS) is 16.4. The van der Waals surface area contributed by atoms with Crippen LogP contribution >= 0.6 is 0 Å². The Morgan fingerprint density at radius 1 is 1.11 bits per heavy atom. The molecule has 28 heavy (non-hydrogen) atoms. The van der Waals surface area contributed by atoms with Gasteiger partial charge in [0.25, 0.3) is 5.91 Å². The molecule has 2 aromatic rings. The summed E-state index contributed by atoms with van der Waals surface area (Å²) in [5.74, 6) is 1.75. The third-order valence-corrected chi connectivity index (χ3v) is 4.77. The minimum absolute atomic E-state index is 0.132. The Morgan fingerprint density at radius 3 is 2.75 bits per heavy atom. The molecule has 0 atom stereocenters. The maximum absolute atomic E-state index is 12.8. The number of nitrogens with zero attached hydrogens (tertiary/aromatic N) is 1. The van der Waals surface area contributed by atoms with Gasteiger partial charge >= 0.3 is 0 Å². The van der Waals surface area contributed by atoms with Gasteiger partial charge in [0.1, 0.15) is 5.75 Å². The first-order chi connectivity index (χ1) is 13.4. The van der Waals surface area contributed by atoms with Gasteiger partial charge in [-0.1, -0.05) is 18.2 Å². The Balaban J connectivity index is 1.37. The highest BCUT2D eigenvalue weighted by atomic mass is 16.7. The lowest BCUT2D eigenvalue weighted by Gasteiger charge is -2.38. The van der Waals surface area contributed by atoms with E-state index in [4.69, 9.17) is 14.2 Å². The average molecular weight is 382 g/mol. The molecule has 2 amide bonds. The van der Waals surface area contributed by atoms with Crippen molar-refractivity contribution in [3.8, 4) is 17.2 Å². The standard InChI is InChI=1S/C21H22N2O5/c1-21(2)20(25)23(15-5-3-4-6-16(15)28-21)10-9-19(24)22-12-14-7-8-17-18(11-14)27-13-26-17/h3-8,11H,9-10,12-13H2,1-2H3,(H,22,24). The fourth-order valence-corrected chi connectivity index (χ4v) is 3.29. The van der Waals surface area contributed by atoms with Gasteiger partial charge in [-0.25, -0.2) is 0 Å². The summed E-state index contributed by atoms with van der Waals surface area (Å²) in [6, 6.07) is 12.9. The van der Waals surface area contributed by atoms with Crippen molar-refractivity contribution in [3.63, 3.8) is 0 Å². The molecule has 4 rings (SSSR count). The molecule has 0 aliphatic carbocycles. The number of fused-ring (bicyclic) bond motifs is 2. The fourth-order valence-electron chi connectivity index (χ4n) is 3.29. The van der Waals surface area contributed by atoms with E-state index in [1.165, 1.54) is 0 Å². The van der Waals surface area contributed by atoms with Crippen LogP contribution in [0.15, 0.2) is 42.5 Å². The zero-order chi connectivity index (χ0) is 19.7. The first-order valence-electron chi connectivity index (χ1n) is 9.19. The maximum atomic E-state index is 12.8. The number of nitrogens with one attached hydrogen (secondary N) is 1. The van der Waals surface area contributed by atoms with Crippen LogP contribution in [-0.2, 0) is 16.1 Å². The van der Waals surface area contributed by atoms with Crippen LogP contribution in [-0.4, -0.2) is 30.8 Å². The molecule has 0 unspecified atom stereocenters. The van der Waals surface area contributed by atoms with E-state index in [0.717, 1.165) is 5.56 Å². The van der Waals surface area contributed by atoms with Crippen molar-refractivity contribution in [2.24, 2.45) is 0 Å². The Hall–Kier alpha value is -3.22. The molecule has 1 N–H and O–H groups in total. The van der Waals surface area contributed by atoms with Crippen molar-refractivity contribution in [2.75, 3.05) is 18.2 Å². The number of para-hydroxylation sites is 2. The van der Waals surface area contributed by atoms with Gasteiger partial charge in [0, 0.05) is 19.5 Å². The molecule has 2 heterocycles. The molecule has 0 radical (unpaired) electrons. The van der Waals surface area contributed by atoms with E-state index < -0.39 is 5.60 Å². The highest BCUT2D eigenvalue weighted by Gasteiger charge is 2.40. The van der Waals surface area contributed by atoms with Gasteiger partial charge in [0.05, 0.1) is 5.69 Å². The lowest BCUT2D eigenvalue weighted by Crippen LogP contribution is -2.53. The zero-order valence-corrected chi connectivity index (χ0v) is 15.9. The van der Waals surface area contributed by atoms with Crippen molar-refractivity contribution in [1.29, 1.82) is 0 Å². The average Bonchev–Trinajstić information content (AvgIpc) is 3.14. The number of ether oxygens (including phenoxy) is 3. The van der Waals surface area contributed by atoms with E-state index in [1.807, 2.05) is 42.5 Å². The van der Waals surface area contributed by atoms with Crippen LogP contribution in [0.25, 0.3) is 0 Å². The second-order valence-electron chi connectivity index (χ2n) is 7.25. The third-order valence-electron chi connectivity index (χ3n) is 4.77. The molecule has 7 heteroatoms. The highest BCUT2D eigenvalue weighted by Crippen LogP contribution is 2.37. The molecule has 7 nitrogen and oxygen atoms in total. The van der Waals surface area contributed by atoms with Crippen LogP contribution in [0.5, 0.6) is 17.2 Å². The van der Waals surface area contributed by atoms with Crippen LogP contribution in [0.3, 0.4) is 0 Å². The molecule has 2 aliphatic rings. The Labute approximate surface area is 163 Å². The number of rotatable bonds is 5. The van der Waals surface area contributed by atoms with Crippen LogP contribution in [0.1, 0.15) is 25.8 Å². The topological polar surface area (TPSA) is 77.1 Å². The first-order valence-corrected chi connectivity index (χ1v) is 9.19. The number of carbonyl (C=O) groups excluding carboxylic acids is 2. The van der Waals surface area contributed by atoms with Crippen molar-refractivity contribution in [2.45, 2.75) is 32.4 Å². The molecule has 0 spiro atoms. The van der Waals surface area contributed by atoms with Crippen LogP contribution < -0.4 is 24.4 Å². The second kappa shape index (κ2) is 7.07. The summed E-state index contributed by atoms with van der Waals surface area (Å²) >= 11 is 0. The van der Waals surface area contributed by atoms with E-state index in [-0.39, 0.29) is 31.6 Å². The van der Waals surface area contributed by atoms with E-state index >= 15 is 0 Å². The van der Waals surface area contributed by atoms with Crippen LogP contribution in [0.2, 0.25) is 0 Å². The van der Waals surface area contributed by atoms with Gasteiger partial charge in [0.2, 0.25) is 12.7 Å². The van der Waals surface area contributed by atoms with Gasteiger partial charge in [-0.2, -0.15) is 0 Å². The molecule has 0 aromatic heterocycles. The van der Waals surface area contributed by atoms with E-state index in [1.54, 1.807) is 18.7 Å². The molecule has 0 saturated heterocycles. The van der Waals surface area contributed by atoms with Gasteiger partial charge in [-0.15, -0.1) is 0 Å². The summed E-state index contributed by atoms with van der Waals surface area (Å²) in [7, 11) is 0. The summed E-state index contributed by atoms with van der Waals surface area (Å²) in [6.07, 6.45) is 0.195. The van der Waals surface area contributed by atoms with Crippen molar-refractivity contribution < 1.29 is 23.8 Å². The van der Waals surface area contributed by atoms with E-state index in [9.17, 15) is 9.59 Å². The molecular weight excluding hydrogens is 360 g/mol. The van der Waals surface area contributed by atoms with E-state index in [0.29, 0.717) is 29.5 Å². The highest BCUT2D eigenvalue weighted by molar-refractivity contribution is 6.02. The largest absolute Gasteiger partial charge is 0.476 e. The summed E-state index contributed by atoms with van der Waals surface area (Å²) in [5.41, 5.74) is 0.652. The molecule has 0 bridgehead atoms. The first kappa shape index (κ1) is 18.2. The number of amides is 2. The molecule has 0 fully saturated rings. The smallest absolute Gasteiger partial charge is 0.270 e. The van der Waals surface area contributed by atoms with Gasteiger partial charge in [-0.3, -0.25) is 9.59 Å². The quantitative estimate of drug-likeness (QED) is 0.860. The molecule has 2 aromatic carbocycles. The third kappa shape index (κ3) is 3.47. The monoisotopic (exact) mass is 382 g/mol. The van der Waals surface area contributed by atoms with Gasteiger partial charge in [0.15, 0.2) is 17.1 Å². The Kier molecular flexibility index (Phi) is 4.58. The predicted molar refractivity (Wildman–Crippen MR) is 103 cm³/mol. The summed E-state index contributed by atoms with van der Waals surface area (Å²) in [6.45, 7) is 4.36. The van der Waals surface area contributed by atoms with Crippen LogP contribution in [0.4, 0.5) is 5.69 Å². The minimum atomic E-state index is -0.961. The SMILES string of the molecule is CC1(C)Oc2ccccc2N(CCC(=O)NCc2ccc3c(c2)OCO3)C1=O. The molecule has 2 aliphatic heterocycles. The van der Waals surface area contributed by atoms with Crippen molar-refractivity contribution >= 4 is 17.5 Å². The summed E-state index contributed by atoms with van der Waals surface area (Å²) in [4.78, 5) is 26.7. The van der Waals surface area contributed by atoms with Crippen molar-refractivity contribution in [1.82, 2.24) is 5.32 Å². The number of benzene rings is 2. The fraction of sp³-hybridized carbons (Fsp3) is 0.333. The van der Waals surface area contributed by atoms with Gasteiger partial charge < -0.3 is 24.4 Å². The zero-order valence-electron chi connectivity index (χ0n) is 15.9. The van der Waals surface area contributed by atoms with Crippen LogP contribution in [0, 0.1) is 0 Å². The Morgan fingerprint density at radius 2 is 1.89 bits per heavy atom. The molecular formula is C21H22N2O5. The Bertz CT molecular complexity index is 925. The summed E-state index contributed by atoms with van der Waals surface area (Å²) < 4.78 is 16.4. The number of hydrogen-bond donors (Lipinski definition) is 1. The number of carbonyl (C=O) groups is 2. The molecule has 146 valence electrons. The second-order valence-corrected chi connectivity index (χ2v) is 7.25. The predicted octanol–water partition coefficient (Wildman–Crippen LogP) is 2.63. The minimum Gasteiger partial charge on any atom is -0.476 e. The van der Waals surface area contributed by atoms with Gasteiger partial charge in [-0.05, 0) is 43.7 Å². The van der Waals surface area contributed by atoms with Crippen molar-refractivity contribution in [3.05, 3.63) is 48.0 Å².